The summed E-state index contributed by atoms with van der Waals surface area (Å²) in [7, 11) is 0. The molecule has 0 saturated heterocycles. The number of carboxylic acids is 1. The smallest absolute Gasteiger partial charge is 0.322 e. The van der Waals surface area contributed by atoms with Crippen LogP contribution in [0.25, 0.3) is 0 Å². The molecule has 0 fully saturated rings. The molecule has 3 aromatic rings. The van der Waals surface area contributed by atoms with Crippen LogP contribution in [0.15, 0.2) is 42.5 Å². The predicted octanol–water partition coefficient (Wildman–Crippen LogP) is 2.59. The minimum atomic E-state index is -1.24. The molecule has 0 aliphatic rings. The van der Waals surface area contributed by atoms with E-state index in [0.29, 0.717) is 27.3 Å². The predicted molar refractivity (Wildman–Crippen MR) is 124 cm³/mol. The first-order valence-electron chi connectivity index (χ1n) is 10.3. The lowest BCUT2D eigenvalue weighted by Gasteiger charge is -2.15. The maximum atomic E-state index is 13.3. The number of hydrogen-bond acceptors (Lipinski definition) is 7. The van der Waals surface area contributed by atoms with Gasteiger partial charge in [0.25, 0.3) is 5.91 Å². The Morgan fingerprint density at radius 3 is 2.49 bits per heavy atom. The monoisotopic (exact) mass is 504 g/mol. The summed E-state index contributed by atoms with van der Waals surface area (Å²) < 4.78 is 26.6. The molecule has 2 amide bonds. The van der Waals surface area contributed by atoms with Crippen LogP contribution in [-0.2, 0) is 22.6 Å². The molecule has 0 aliphatic carbocycles. The van der Waals surface area contributed by atoms with Crippen LogP contribution in [0.3, 0.4) is 0 Å². The molecule has 3 rings (SSSR count). The summed E-state index contributed by atoms with van der Waals surface area (Å²) in [6.45, 7) is 1.46. The van der Waals surface area contributed by atoms with Crippen molar-refractivity contribution in [2.45, 2.75) is 25.9 Å². The van der Waals surface area contributed by atoms with Gasteiger partial charge in [-0.25, -0.2) is 13.8 Å². The Morgan fingerprint density at radius 1 is 1.11 bits per heavy atom. The number of phenols is 1. The van der Waals surface area contributed by atoms with Crippen LogP contribution in [-0.4, -0.2) is 45.6 Å². The van der Waals surface area contributed by atoms with Gasteiger partial charge in [0.1, 0.15) is 23.4 Å². The fraction of sp³-hybridized carbons (Fsp3) is 0.217. The molecule has 0 bridgehead atoms. The van der Waals surface area contributed by atoms with Gasteiger partial charge in [-0.2, -0.15) is 0 Å². The summed E-state index contributed by atoms with van der Waals surface area (Å²) in [6, 6.07) is 7.45. The van der Waals surface area contributed by atoms with E-state index in [1.807, 2.05) is 0 Å². The molecule has 184 valence electrons. The number of phenolic OH excluding ortho intramolecular Hbond substituents is 1. The van der Waals surface area contributed by atoms with Crippen molar-refractivity contribution in [1.82, 2.24) is 15.6 Å². The number of aromatic hydroxyl groups is 1. The van der Waals surface area contributed by atoms with E-state index in [0.717, 1.165) is 23.5 Å². The Balaban J connectivity index is 1.55. The van der Waals surface area contributed by atoms with Crippen molar-refractivity contribution in [2.24, 2.45) is 0 Å². The number of aliphatic carboxylic acids is 1. The lowest BCUT2D eigenvalue weighted by Crippen LogP contribution is -2.45. The van der Waals surface area contributed by atoms with Crippen LogP contribution in [0.5, 0.6) is 5.75 Å². The highest BCUT2D eigenvalue weighted by molar-refractivity contribution is 7.15. The van der Waals surface area contributed by atoms with Crippen LogP contribution >= 0.6 is 11.3 Å². The van der Waals surface area contributed by atoms with Gasteiger partial charge in [0, 0.05) is 29.6 Å². The molecule has 2 aromatic carbocycles. The molecular weight excluding hydrogens is 482 g/mol. The Hall–Kier alpha value is -3.90. The zero-order valence-corrected chi connectivity index (χ0v) is 19.3. The summed E-state index contributed by atoms with van der Waals surface area (Å²) >= 11 is 1.16. The van der Waals surface area contributed by atoms with Crippen molar-refractivity contribution >= 4 is 34.3 Å². The Bertz CT molecular complexity index is 1230. The molecule has 12 heteroatoms. The summed E-state index contributed by atoms with van der Waals surface area (Å²) in [5, 5.41) is 27.1. The van der Waals surface area contributed by atoms with Crippen molar-refractivity contribution in [1.29, 1.82) is 0 Å². The van der Waals surface area contributed by atoms with E-state index < -0.39 is 29.6 Å². The third kappa shape index (κ3) is 7.55. The minimum Gasteiger partial charge on any atom is -0.508 e. The summed E-state index contributed by atoms with van der Waals surface area (Å²) in [6.07, 6.45) is 0.0383. The molecule has 5 N–H and O–H groups in total. The second kappa shape index (κ2) is 11.5. The highest BCUT2D eigenvalue weighted by Crippen LogP contribution is 2.23. The van der Waals surface area contributed by atoms with E-state index in [9.17, 15) is 33.4 Å². The zero-order chi connectivity index (χ0) is 25.5. The van der Waals surface area contributed by atoms with Gasteiger partial charge in [0.15, 0.2) is 5.13 Å². The van der Waals surface area contributed by atoms with Gasteiger partial charge in [-0.1, -0.05) is 12.1 Å². The summed E-state index contributed by atoms with van der Waals surface area (Å²) in [5.74, 6) is -4.17. The van der Waals surface area contributed by atoms with Crippen molar-refractivity contribution in [2.75, 3.05) is 11.9 Å². The first-order chi connectivity index (χ1) is 16.6. The van der Waals surface area contributed by atoms with Crippen molar-refractivity contribution < 1.29 is 33.4 Å². The molecule has 0 aliphatic heterocycles. The molecule has 0 radical (unpaired) electrons. The average Bonchev–Trinajstić information content (AvgIpc) is 3.11. The molecule has 35 heavy (non-hydrogen) atoms. The van der Waals surface area contributed by atoms with Gasteiger partial charge < -0.3 is 20.8 Å². The highest BCUT2D eigenvalue weighted by atomic mass is 32.1. The molecule has 9 nitrogen and oxygen atoms in total. The second-order valence-corrected chi connectivity index (χ2v) is 8.65. The van der Waals surface area contributed by atoms with Crippen LogP contribution in [0.4, 0.5) is 13.9 Å². The standard InChI is InChI=1S/C23H22F2N4O5S/c1-12-19(35-23(28-12)29-20(31)6-13-3-2-4-17(30)5-13)11-26-18(22(33)34)10-27-21(32)14-7-15(24)9-16(25)8-14/h2-5,7-9,18,26,30H,6,10-11H2,1H3,(H,27,32)(H,33,34)(H,28,29,31). The molecule has 1 aromatic heterocycles. The van der Waals surface area contributed by atoms with Gasteiger partial charge in [-0.05, 0) is 36.8 Å². The number of nitrogens with one attached hydrogen (secondary N) is 3. The average molecular weight is 505 g/mol. The molecule has 1 atom stereocenters. The Morgan fingerprint density at radius 2 is 1.83 bits per heavy atom. The van der Waals surface area contributed by atoms with E-state index in [4.69, 9.17) is 0 Å². The SMILES string of the molecule is Cc1nc(NC(=O)Cc2cccc(O)c2)sc1CNC(CNC(=O)c1cc(F)cc(F)c1)C(=O)O. The van der Waals surface area contributed by atoms with Gasteiger partial charge >= 0.3 is 5.97 Å². The van der Waals surface area contributed by atoms with E-state index >= 15 is 0 Å². The van der Waals surface area contributed by atoms with Crippen LogP contribution in [0, 0.1) is 18.6 Å². The van der Waals surface area contributed by atoms with Crippen molar-refractivity contribution in [3.8, 4) is 5.75 Å². The zero-order valence-electron chi connectivity index (χ0n) is 18.5. The maximum absolute atomic E-state index is 13.3. The lowest BCUT2D eigenvalue weighted by atomic mass is 10.1. The van der Waals surface area contributed by atoms with E-state index in [-0.39, 0.29) is 36.7 Å². The number of benzene rings is 2. The first kappa shape index (κ1) is 25.7. The Kier molecular flexibility index (Phi) is 8.44. The lowest BCUT2D eigenvalue weighted by molar-refractivity contribution is -0.139. The highest BCUT2D eigenvalue weighted by Gasteiger charge is 2.20. The van der Waals surface area contributed by atoms with Crippen molar-refractivity contribution in [3.63, 3.8) is 0 Å². The van der Waals surface area contributed by atoms with Crippen LogP contribution in [0.2, 0.25) is 0 Å². The number of carbonyl (C=O) groups is 3. The largest absolute Gasteiger partial charge is 0.508 e. The number of carbonyl (C=O) groups excluding carboxylic acids is 2. The number of carboxylic acid groups (broad SMARTS) is 1. The number of halogens is 2. The third-order valence-electron chi connectivity index (χ3n) is 4.81. The maximum Gasteiger partial charge on any atom is 0.322 e. The fourth-order valence-corrected chi connectivity index (χ4v) is 4.03. The number of hydrogen-bond donors (Lipinski definition) is 5. The molecule has 0 spiro atoms. The quantitative estimate of drug-likeness (QED) is 0.286. The van der Waals surface area contributed by atoms with Gasteiger partial charge in [0.2, 0.25) is 5.91 Å². The molecule has 0 saturated carbocycles. The van der Waals surface area contributed by atoms with E-state index in [2.05, 4.69) is 20.9 Å². The normalized spacial score (nSPS) is 11.6. The molecule has 1 heterocycles. The van der Waals surface area contributed by atoms with Crippen LogP contribution < -0.4 is 16.0 Å². The van der Waals surface area contributed by atoms with E-state index in [1.165, 1.54) is 12.1 Å². The first-order valence-corrected chi connectivity index (χ1v) is 11.2. The number of aryl methyl sites for hydroxylation is 1. The third-order valence-corrected chi connectivity index (χ3v) is 5.89. The fourth-order valence-electron chi connectivity index (χ4n) is 3.11. The molecular formula is C23H22F2N4O5S. The van der Waals surface area contributed by atoms with Gasteiger partial charge in [-0.3, -0.25) is 19.7 Å². The number of nitrogens with zero attached hydrogens (tertiary/aromatic N) is 1. The molecule has 1 unspecified atom stereocenters. The van der Waals surface area contributed by atoms with Gasteiger partial charge in [-0.15, -0.1) is 11.3 Å². The number of thiazole rings is 1. The van der Waals surface area contributed by atoms with E-state index in [1.54, 1.807) is 19.1 Å². The Labute approximate surface area is 202 Å². The number of anilines is 1. The van der Waals surface area contributed by atoms with Gasteiger partial charge in [0.05, 0.1) is 12.1 Å². The topological polar surface area (TPSA) is 141 Å². The van der Waals surface area contributed by atoms with Crippen molar-refractivity contribution in [3.05, 3.63) is 75.8 Å². The summed E-state index contributed by atoms with van der Waals surface area (Å²) in [4.78, 5) is 40.9. The minimum absolute atomic E-state index is 0.0383. The number of rotatable bonds is 10. The summed E-state index contributed by atoms with van der Waals surface area (Å²) in [5.41, 5.74) is 0.944. The number of amides is 2. The van der Waals surface area contributed by atoms with Crippen LogP contribution in [0.1, 0.15) is 26.5 Å². The second-order valence-electron chi connectivity index (χ2n) is 7.56. The number of aromatic nitrogens is 1.